The third-order valence-electron chi connectivity index (χ3n) is 4.45. The Bertz CT molecular complexity index is 974. The smallest absolute Gasteiger partial charge is 0.381 e. The maximum Gasteiger partial charge on any atom is 0.381 e. The van der Waals surface area contributed by atoms with Gasteiger partial charge in [0.05, 0.1) is 0 Å². The lowest BCUT2D eigenvalue weighted by Gasteiger charge is -2.21. The number of carbonyl (C=O) groups is 3. The lowest BCUT2D eigenvalue weighted by atomic mass is 9.84. The van der Waals surface area contributed by atoms with Crippen molar-refractivity contribution in [3.05, 3.63) is 70.8 Å². The normalized spacial score (nSPS) is 23.5. The van der Waals surface area contributed by atoms with Crippen molar-refractivity contribution in [1.82, 2.24) is 0 Å². The van der Waals surface area contributed by atoms with Crippen LogP contribution < -0.4 is 5.32 Å². The van der Waals surface area contributed by atoms with E-state index in [2.05, 4.69) is 5.32 Å². The van der Waals surface area contributed by atoms with Gasteiger partial charge in [-0.3, -0.25) is 9.59 Å². The fourth-order valence-corrected chi connectivity index (χ4v) is 3.21. The van der Waals surface area contributed by atoms with Crippen molar-refractivity contribution in [2.45, 2.75) is 12.5 Å². The third kappa shape index (κ3) is 1.94. The molecule has 1 atom stereocenters. The quantitative estimate of drug-likeness (QED) is 0.361. The highest BCUT2D eigenvalue weighted by atomic mass is 16.6. The number of aliphatic hydroxyl groups is 1. The number of ketones is 1. The molecule has 0 saturated carbocycles. The van der Waals surface area contributed by atoms with E-state index in [9.17, 15) is 19.5 Å². The molecule has 2 heterocycles. The van der Waals surface area contributed by atoms with Crippen LogP contribution in [-0.4, -0.2) is 22.8 Å². The summed E-state index contributed by atoms with van der Waals surface area (Å²) in [5, 5.41) is 13.3. The summed E-state index contributed by atoms with van der Waals surface area (Å²) in [7, 11) is 0. The molecule has 2 aliphatic rings. The molecule has 1 saturated heterocycles. The van der Waals surface area contributed by atoms with Gasteiger partial charge in [-0.15, -0.1) is 0 Å². The molecule has 1 spiro atoms. The van der Waals surface area contributed by atoms with Gasteiger partial charge >= 0.3 is 5.97 Å². The number of anilines is 1. The number of Topliss-reactive ketones (excluding diaryl/α,β-unsaturated/α-hetero) is 1. The number of carbonyl (C=O) groups excluding carboxylic acids is 3. The number of esters is 1. The molecule has 6 nitrogen and oxygen atoms in total. The molecule has 1 fully saturated rings. The highest BCUT2D eigenvalue weighted by Gasteiger charge is 2.63. The molecule has 6 heteroatoms. The number of fused-ring (bicyclic) bond motifs is 2. The molecule has 0 radical (unpaired) electrons. The van der Waals surface area contributed by atoms with Crippen molar-refractivity contribution in [3.8, 4) is 0 Å². The topological polar surface area (TPSA) is 92.7 Å². The summed E-state index contributed by atoms with van der Waals surface area (Å²) in [6.07, 6.45) is 0. The first kappa shape index (κ1) is 15.1. The Labute approximate surface area is 142 Å². The van der Waals surface area contributed by atoms with E-state index in [0.29, 0.717) is 16.8 Å². The van der Waals surface area contributed by atoms with Gasteiger partial charge in [-0.25, -0.2) is 4.79 Å². The number of nitrogens with one attached hydrogen (secondary N) is 1. The van der Waals surface area contributed by atoms with E-state index < -0.39 is 29.0 Å². The average Bonchev–Trinajstić information content (AvgIpc) is 3.03. The maximum atomic E-state index is 12.7. The fourth-order valence-electron chi connectivity index (χ4n) is 3.21. The Morgan fingerprint density at radius 2 is 1.72 bits per heavy atom. The Morgan fingerprint density at radius 3 is 2.44 bits per heavy atom. The first-order valence-electron chi connectivity index (χ1n) is 7.64. The van der Waals surface area contributed by atoms with E-state index in [0.717, 1.165) is 5.56 Å². The summed E-state index contributed by atoms with van der Waals surface area (Å²) in [5.41, 5.74) is -0.269. The van der Waals surface area contributed by atoms with Crippen LogP contribution in [0.25, 0.3) is 5.76 Å². The number of hydrogen-bond acceptors (Lipinski definition) is 5. The van der Waals surface area contributed by atoms with Crippen LogP contribution in [0.4, 0.5) is 5.69 Å². The zero-order valence-electron chi connectivity index (χ0n) is 13.2. The number of para-hydroxylation sites is 1. The summed E-state index contributed by atoms with van der Waals surface area (Å²) < 4.78 is 5.22. The van der Waals surface area contributed by atoms with E-state index >= 15 is 0 Å². The van der Waals surface area contributed by atoms with E-state index in [4.69, 9.17) is 4.74 Å². The van der Waals surface area contributed by atoms with Crippen LogP contribution in [0.3, 0.4) is 0 Å². The first-order chi connectivity index (χ1) is 11.9. The van der Waals surface area contributed by atoms with E-state index in [1.54, 1.807) is 48.5 Å². The summed E-state index contributed by atoms with van der Waals surface area (Å²) in [6.45, 7) is 1.88. The summed E-state index contributed by atoms with van der Waals surface area (Å²) in [6, 6.07) is 13.3. The number of ether oxygens (including phenoxy) is 1. The molecule has 1 amide bonds. The van der Waals surface area contributed by atoms with Crippen molar-refractivity contribution in [3.63, 3.8) is 0 Å². The molecule has 2 aromatic carbocycles. The Hall–Kier alpha value is -3.41. The van der Waals surface area contributed by atoms with Crippen molar-refractivity contribution in [2.75, 3.05) is 5.32 Å². The Morgan fingerprint density at radius 1 is 1.04 bits per heavy atom. The van der Waals surface area contributed by atoms with Crippen molar-refractivity contribution < 1.29 is 24.2 Å². The second-order valence-corrected chi connectivity index (χ2v) is 5.99. The van der Waals surface area contributed by atoms with Crippen LogP contribution in [0.2, 0.25) is 0 Å². The monoisotopic (exact) mass is 335 g/mol. The SMILES string of the molecule is Cc1ccc(C(O)=C2C(=O)C(=O)O[C@]23C(=O)Nc2ccccc23)cc1. The number of amides is 1. The highest BCUT2D eigenvalue weighted by Crippen LogP contribution is 2.49. The van der Waals surface area contributed by atoms with Gasteiger partial charge in [0.2, 0.25) is 0 Å². The van der Waals surface area contributed by atoms with E-state index in [1.165, 1.54) is 0 Å². The van der Waals surface area contributed by atoms with Gasteiger partial charge in [0.25, 0.3) is 17.3 Å². The Balaban J connectivity index is 2.01. The number of hydrogen-bond donors (Lipinski definition) is 2. The molecule has 124 valence electrons. The summed E-state index contributed by atoms with van der Waals surface area (Å²) in [5.74, 6) is -3.31. The number of rotatable bonds is 1. The van der Waals surface area contributed by atoms with Gasteiger partial charge in [-0.2, -0.15) is 0 Å². The van der Waals surface area contributed by atoms with Crippen LogP contribution in [0.15, 0.2) is 54.1 Å². The minimum Gasteiger partial charge on any atom is -0.507 e. The lowest BCUT2D eigenvalue weighted by molar-refractivity contribution is -0.157. The van der Waals surface area contributed by atoms with Crippen LogP contribution >= 0.6 is 0 Å². The van der Waals surface area contributed by atoms with Gasteiger partial charge in [-0.1, -0.05) is 48.0 Å². The summed E-state index contributed by atoms with van der Waals surface area (Å²) in [4.78, 5) is 37.1. The molecule has 2 aliphatic heterocycles. The standard InChI is InChI=1S/C19H13NO5/c1-10-6-8-11(9-7-10)15(21)14-16(22)17(23)25-19(14)12-4-2-3-5-13(12)20-18(19)24/h2-9,21H,1H3,(H,20,24)/t19-/m0/s1. The van der Waals surface area contributed by atoms with Crippen LogP contribution in [0.1, 0.15) is 16.7 Å². The zero-order chi connectivity index (χ0) is 17.8. The molecule has 0 bridgehead atoms. The van der Waals surface area contributed by atoms with Gasteiger partial charge in [0.15, 0.2) is 0 Å². The average molecular weight is 335 g/mol. The van der Waals surface area contributed by atoms with Crippen molar-refractivity contribution >= 4 is 29.1 Å². The van der Waals surface area contributed by atoms with Crippen LogP contribution in [0.5, 0.6) is 0 Å². The van der Waals surface area contributed by atoms with Gasteiger partial charge < -0.3 is 15.2 Å². The third-order valence-corrected chi connectivity index (χ3v) is 4.45. The van der Waals surface area contributed by atoms with E-state index in [1.807, 2.05) is 6.92 Å². The van der Waals surface area contributed by atoms with Crippen molar-refractivity contribution in [1.29, 1.82) is 0 Å². The molecule has 4 rings (SSSR count). The second kappa shape index (κ2) is 5.04. The zero-order valence-corrected chi connectivity index (χ0v) is 13.2. The maximum absolute atomic E-state index is 12.7. The first-order valence-corrected chi connectivity index (χ1v) is 7.64. The molecule has 0 aliphatic carbocycles. The predicted octanol–water partition coefficient (Wildman–Crippen LogP) is 2.24. The summed E-state index contributed by atoms with van der Waals surface area (Å²) >= 11 is 0. The fraction of sp³-hybridized carbons (Fsp3) is 0.105. The number of aliphatic hydroxyl groups excluding tert-OH is 1. The van der Waals surface area contributed by atoms with Crippen LogP contribution in [-0.2, 0) is 24.7 Å². The van der Waals surface area contributed by atoms with Gasteiger partial charge in [0, 0.05) is 16.8 Å². The molecule has 0 aromatic heterocycles. The second-order valence-electron chi connectivity index (χ2n) is 5.99. The molecule has 2 aromatic rings. The Kier molecular flexibility index (Phi) is 3.05. The minimum atomic E-state index is -1.96. The van der Waals surface area contributed by atoms with Crippen molar-refractivity contribution in [2.24, 2.45) is 0 Å². The number of benzene rings is 2. The largest absolute Gasteiger partial charge is 0.507 e. The van der Waals surface area contributed by atoms with E-state index in [-0.39, 0.29) is 5.57 Å². The predicted molar refractivity (Wildman–Crippen MR) is 88.6 cm³/mol. The molecule has 2 N–H and O–H groups in total. The molecular weight excluding hydrogens is 322 g/mol. The molecular formula is C19H13NO5. The van der Waals surface area contributed by atoms with Gasteiger partial charge in [-0.05, 0) is 13.0 Å². The lowest BCUT2D eigenvalue weighted by Crippen LogP contribution is -2.36. The minimum absolute atomic E-state index is 0.323. The van der Waals surface area contributed by atoms with Gasteiger partial charge in [0.1, 0.15) is 11.3 Å². The number of aryl methyl sites for hydroxylation is 1. The van der Waals surface area contributed by atoms with Crippen LogP contribution in [0, 0.1) is 6.92 Å². The molecule has 0 unspecified atom stereocenters. The molecule has 25 heavy (non-hydrogen) atoms. The highest BCUT2D eigenvalue weighted by molar-refractivity contribution is 6.47.